The number of anilines is 2. The van der Waals surface area contributed by atoms with Gasteiger partial charge in [-0.05, 0) is 12.1 Å². The predicted molar refractivity (Wildman–Crippen MR) is 177 cm³/mol. The Kier molecular flexibility index (Phi) is 11.9. The molecule has 266 valence electrons. The van der Waals surface area contributed by atoms with E-state index in [-0.39, 0.29) is 73.7 Å². The number of nitro groups is 2. The molecule has 0 atom stereocenters. The molecule has 4 rings (SSSR count). The predicted octanol–water partition coefficient (Wildman–Crippen LogP) is 1.55. The van der Waals surface area contributed by atoms with Crippen molar-refractivity contribution in [1.82, 2.24) is 28.9 Å². The van der Waals surface area contributed by atoms with Crippen LogP contribution in [0.3, 0.4) is 0 Å². The number of ether oxygens (including phenoxy) is 2. The normalized spacial score (nSPS) is 10.9. The summed E-state index contributed by atoms with van der Waals surface area (Å²) in [7, 11) is 6.30. The van der Waals surface area contributed by atoms with Crippen LogP contribution in [0.5, 0.6) is 0 Å². The molecule has 50 heavy (non-hydrogen) atoms. The Morgan fingerprint density at radius 2 is 0.900 bits per heavy atom. The zero-order valence-electron chi connectivity index (χ0n) is 27.6. The molecule has 0 spiro atoms. The summed E-state index contributed by atoms with van der Waals surface area (Å²) in [6.07, 6.45) is 5.55. The fourth-order valence-electron chi connectivity index (χ4n) is 4.83. The van der Waals surface area contributed by atoms with Gasteiger partial charge in [-0.3, -0.25) is 39.4 Å². The third kappa shape index (κ3) is 9.20. The quantitative estimate of drug-likeness (QED) is 0.0705. The minimum Gasteiger partial charge on any atom is -0.377 e. The van der Waals surface area contributed by atoms with Gasteiger partial charge in [-0.15, -0.1) is 0 Å². The van der Waals surface area contributed by atoms with Gasteiger partial charge in [0.05, 0.1) is 60.0 Å². The van der Waals surface area contributed by atoms with E-state index in [1.165, 1.54) is 56.9 Å². The smallest absolute Gasteiger partial charge is 0.287 e. The molecule has 0 aromatic carbocycles. The van der Waals surface area contributed by atoms with Gasteiger partial charge in [0.25, 0.3) is 35.0 Å². The monoisotopic (exact) mass is 696 g/mol. The molecule has 20 nitrogen and oxygen atoms in total. The average molecular weight is 697 g/mol. The summed E-state index contributed by atoms with van der Waals surface area (Å²) in [5, 5.41) is 32.6. The van der Waals surface area contributed by atoms with Gasteiger partial charge in [-0.2, -0.15) is 0 Å². The molecular weight excluding hydrogens is 660 g/mol. The molecule has 0 bridgehead atoms. The Morgan fingerprint density at radius 3 is 1.24 bits per heavy atom. The van der Waals surface area contributed by atoms with Crippen LogP contribution in [0.4, 0.5) is 22.7 Å². The third-order valence-corrected chi connectivity index (χ3v) is 7.29. The maximum atomic E-state index is 12.6. The van der Waals surface area contributed by atoms with Gasteiger partial charge in [0.15, 0.2) is 0 Å². The van der Waals surface area contributed by atoms with Gasteiger partial charge in [0, 0.05) is 65.8 Å². The Balaban J connectivity index is 1.09. The van der Waals surface area contributed by atoms with E-state index >= 15 is 0 Å². The summed E-state index contributed by atoms with van der Waals surface area (Å²) in [4.78, 5) is 71.1. The van der Waals surface area contributed by atoms with E-state index < -0.39 is 33.5 Å². The molecule has 0 saturated carbocycles. The first-order valence-corrected chi connectivity index (χ1v) is 15.0. The summed E-state index contributed by atoms with van der Waals surface area (Å²) in [5.41, 5.74) is 0.995. The van der Waals surface area contributed by atoms with Crippen molar-refractivity contribution in [3.63, 3.8) is 0 Å². The summed E-state index contributed by atoms with van der Waals surface area (Å²) in [6.45, 7) is 1.32. The molecule has 4 aromatic rings. The fourth-order valence-corrected chi connectivity index (χ4v) is 4.83. The molecule has 4 amide bonds. The van der Waals surface area contributed by atoms with Crippen LogP contribution in [0.2, 0.25) is 0 Å². The van der Waals surface area contributed by atoms with Gasteiger partial charge < -0.3 is 49.0 Å². The van der Waals surface area contributed by atoms with E-state index in [9.17, 15) is 39.4 Å². The Hall–Kier alpha value is -6.28. The van der Waals surface area contributed by atoms with Crippen LogP contribution in [0.1, 0.15) is 42.0 Å². The number of amides is 4. The van der Waals surface area contributed by atoms with E-state index in [4.69, 9.17) is 9.47 Å². The number of hydrogen-bond donors (Lipinski definition) is 4. The van der Waals surface area contributed by atoms with Crippen LogP contribution in [0.15, 0.2) is 49.1 Å². The van der Waals surface area contributed by atoms with Crippen LogP contribution in [-0.2, 0) is 37.7 Å². The number of rotatable bonds is 17. The molecule has 0 radical (unpaired) electrons. The molecule has 4 heterocycles. The molecule has 20 heteroatoms. The number of carbonyl (C=O) groups is 4. The van der Waals surface area contributed by atoms with Crippen molar-refractivity contribution in [3.8, 4) is 0 Å². The second kappa shape index (κ2) is 16.2. The van der Waals surface area contributed by atoms with Crippen molar-refractivity contribution in [2.24, 2.45) is 28.2 Å². The van der Waals surface area contributed by atoms with Gasteiger partial charge in [0.2, 0.25) is 0 Å². The SMILES string of the molecule is Cn1cc(NC(=O)c2cc([N+](=O)[O-])cn2C)cc1C(=O)NCCOCCOCCNC(=O)c1cc(NC(=O)c2cc([N+](=O)[O-])cn2C)cn1C. The lowest BCUT2D eigenvalue weighted by Gasteiger charge is -2.08. The van der Waals surface area contributed by atoms with E-state index in [2.05, 4.69) is 21.3 Å². The maximum absolute atomic E-state index is 12.6. The second-order valence-corrected chi connectivity index (χ2v) is 11.0. The van der Waals surface area contributed by atoms with Crippen molar-refractivity contribution >= 4 is 46.4 Å². The zero-order valence-corrected chi connectivity index (χ0v) is 27.6. The molecule has 0 aliphatic heterocycles. The summed E-state index contributed by atoms with van der Waals surface area (Å²) in [6, 6.07) is 5.29. The Labute approximate surface area is 284 Å². The van der Waals surface area contributed by atoms with Crippen LogP contribution in [0, 0.1) is 20.2 Å². The highest BCUT2D eigenvalue weighted by Crippen LogP contribution is 2.20. The Morgan fingerprint density at radius 1 is 0.560 bits per heavy atom. The minimum atomic E-state index is -0.592. The van der Waals surface area contributed by atoms with Crippen molar-refractivity contribution < 1.29 is 38.5 Å². The number of nitrogens with zero attached hydrogens (tertiary/aromatic N) is 6. The molecule has 4 N–H and O–H groups in total. The summed E-state index contributed by atoms with van der Waals surface area (Å²) in [5.74, 6) is -1.92. The Bertz CT molecular complexity index is 1780. The van der Waals surface area contributed by atoms with Gasteiger partial charge in [0.1, 0.15) is 22.8 Å². The maximum Gasteiger partial charge on any atom is 0.287 e. The first-order chi connectivity index (χ1) is 23.7. The zero-order chi connectivity index (χ0) is 36.5. The lowest BCUT2D eigenvalue weighted by atomic mass is 10.3. The van der Waals surface area contributed by atoms with Crippen molar-refractivity contribution in [3.05, 3.63) is 92.1 Å². The first-order valence-electron chi connectivity index (χ1n) is 15.0. The second-order valence-electron chi connectivity index (χ2n) is 11.0. The standard InChI is InChI=1S/C30H36N10O10/c1-35-15-19(33-29(43)25-13-21(39(45)46)17-37(25)3)11-23(35)27(41)31-5-7-49-9-10-50-8-6-32-28(42)24-12-20(16-36(24)2)34-30(44)26-14-22(40(47)48)18-38(26)4/h11-18H,5-10H2,1-4H3,(H,31,41)(H,32,42)(H,33,43)(H,34,44). The van der Waals surface area contributed by atoms with Gasteiger partial charge in [-0.1, -0.05) is 0 Å². The number of carbonyl (C=O) groups excluding carboxylic acids is 4. The van der Waals surface area contributed by atoms with Crippen LogP contribution in [0.25, 0.3) is 0 Å². The van der Waals surface area contributed by atoms with Gasteiger partial charge in [-0.25, -0.2) is 0 Å². The minimum absolute atomic E-state index is 0.0890. The number of aromatic nitrogens is 4. The summed E-state index contributed by atoms with van der Waals surface area (Å²) >= 11 is 0. The fraction of sp³-hybridized carbons (Fsp3) is 0.333. The van der Waals surface area contributed by atoms with Crippen molar-refractivity contribution in [1.29, 1.82) is 0 Å². The van der Waals surface area contributed by atoms with Gasteiger partial charge >= 0.3 is 0 Å². The molecular formula is C30H36N10O10. The summed E-state index contributed by atoms with van der Waals surface area (Å²) < 4.78 is 16.7. The van der Waals surface area contributed by atoms with E-state index in [0.717, 1.165) is 12.1 Å². The lowest BCUT2D eigenvalue weighted by Crippen LogP contribution is -2.29. The third-order valence-electron chi connectivity index (χ3n) is 7.29. The number of nitrogens with one attached hydrogen (secondary N) is 4. The van der Waals surface area contributed by atoms with E-state index in [1.54, 1.807) is 26.5 Å². The molecule has 0 saturated heterocycles. The van der Waals surface area contributed by atoms with Crippen LogP contribution >= 0.6 is 0 Å². The lowest BCUT2D eigenvalue weighted by molar-refractivity contribution is -0.385. The van der Waals surface area contributed by atoms with Crippen LogP contribution in [-0.4, -0.2) is 91.3 Å². The average Bonchev–Trinajstić information content (AvgIpc) is 3.83. The largest absolute Gasteiger partial charge is 0.377 e. The highest BCUT2D eigenvalue weighted by atomic mass is 16.6. The first kappa shape index (κ1) is 36.6. The van der Waals surface area contributed by atoms with E-state index in [0.29, 0.717) is 11.4 Å². The highest BCUT2D eigenvalue weighted by molar-refractivity contribution is 6.05. The molecule has 0 fully saturated rings. The molecule has 4 aromatic heterocycles. The topological polar surface area (TPSA) is 241 Å². The number of aryl methyl sites for hydroxylation is 4. The van der Waals surface area contributed by atoms with Crippen molar-refractivity contribution in [2.45, 2.75) is 0 Å². The van der Waals surface area contributed by atoms with E-state index in [1.807, 2.05) is 0 Å². The van der Waals surface area contributed by atoms with Crippen molar-refractivity contribution in [2.75, 3.05) is 50.2 Å². The van der Waals surface area contributed by atoms with Crippen LogP contribution < -0.4 is 21.3 Å². The molecule has 0 aliphatic rings. The molecule has 0 aliphatic carbocycles. The number of hydrogen-bond acceptors (Lipinski definition) is 10. The highest BCUT2D eigenvalue weighted by Gasteiger charge is 2.21. The molecule has 0 unspecified atom stereocenters.